The Bertz CT molecular complexity index is 1190. The van der Waals surface area contributed by atoms with Crippen LogP contribution in [0.4, 0.5) is 10.1 Å². The Morgan fingerprint density at radius 3 is 2.33 bits per heavy atom. The van der Waals surface area contributed by atoms with E-state index in [1.54, 1.807) is 54.6 Å². The fourth-order valence-electron chi connectivity index (χ4n) is 3.57. The number of aliphatic hydroxyl groups is 1. The molecule has 6 heteroatoms. The lowest BCUT2D eigenvalue weighted by molar-refractivity contribution is -0.132. The number of hydrogen-bond acceptors (Lipinski definition) is 3. The molecule has 1 heterocycles. The van der Waals surface area contributed by atoms with Crippen LogP contribution >= 0.6 is 11.6 Å². The molecule has 0 radical (unpaired) electrons. The molecular weight excluding hydrogens is 405 g/mol. The van der Waals surface area contributed by atoms with Gasteiger partial charge >= 0.3 is 0 Å². The number of ketones is 1. The summed E-state index contributed by atoms with van der Waals surface area (Å²) >= 11 is 6.24. The van der Waals surface area contributed by atoms with E-state index in [0.717, 1.165) is 5.56 Å². The average Bonchev–Trinajstić information content (AvgIpc) is 3.01. The maximum atomic E-state index is 14.8. The first-order chi connectivity index (χ1) is 14.4. The number of rotatable bonds is 3. The first-order valence-corrected chi connectivity index (χ1v) is 9.65. The van der Waals surface area contributed by atoms with Crippen LogP contribution in [0.15, 0.2) is 78.4 Å². The van der Waals surface area contributed by atoms with Gasteiger partial charge in [0.25, 0.3) is 11.7 Å². The highest BCUT2D eigenvalue weighted by atomic mass is 35.5. The molecule has 0 spiro atoms. The van der Waals surface area contributed by atoms with Crippen molar-refractivity contribution in [2.24, 2.45) is 0 Å². The molecule has 1 fully saturated rings. The molecule has 0 aromatic heterocycles. The minimum absolute atomic E-state index is 0.103. The second-order valence-electron chi connectivity index (χ2n) is 6.99. The van der Waals surface area contributed by atoms with Crippen LogP contribution in [0.2, 0.25) is 5.02 Å². The molecule has 4 nitrogen and oxygen atoms in total. The molecule has 0 bridgehead atoms. The summed E-state index contributed by atoms with van der Waals surface area (Å²) in [6.07, 6.45) is 0. The lowest BCUT2D eigenvalue weighted by Gasteiger charge is -2.26. The van der Waals surface area contributed by atoms with Gasteiger partial charge in [-0.2, -0.15) is 0 Å². The van der Waals surface area contributed by atoms with Crippen LogP contribution in [0.25, 0.3) is 5.76 Å². The van der Waals surface area contributed by atoms with Crippen LogP contribution in [0, 0.1) is 12.7 Å². The van der Waals surface area contributed by atoms with E-state index >= 15 is 0 Å². The molecule has 1 unspecified atom stereocenters. The number of Topliss-reactive ketones (excluding diaryl/α,β-unsaturated/α-hetero) is 1. The van der Waals surface area contributed by atoms with Crippen molar-refractivity contribution >= 4 is 34.7 Å². The van der Waals surface area contributed by atoms with Gasteiger partial charge in [0, 0.05) is 21.8 Å². The minimum atomic E-state index is -1.13. The Labute approximate surface area is 177 Å². The van der Waals surface area contributed by atoms with Crippen LogP contribution in [-0.2, 0) is 9.59 Å². The zero-order valence-corrected chi connectivity index (χ0v) is 16.7. The molecule has 30 heavy (non-hydrogen) atoms. The Morgan fingerprint density at radius 2 is 1.67 bits per heavy atom. The first kappa shape index (κ1) is 19.9. The summed E-state index contributed by atoms with van der Waals surface area (Å²) in [4.78, 5) is 27.2. The number of anilines is 1. The summed E-state index contributed by atoms with van der Waals surface area (Å²) in [6.45, 7) is 1.81. The van der Waals surface area contributed by atoms with Gasteiger partial charge in [0.1, 0.15) is 11.6 Å². The van der Waals surface area contributed by atoms with Crippen molar-refractivity contribution in [1.82, 2.24) is 0 Å². The Morgan fingerprint density at radius 1 is 1.00 bits per heavy atom. The number of nitrogens with zero attached hydrogens (tertiary/aromatic N) is 1. The number of amides is 1. The molecule has 1 aliphatic rings. The summed E-state index contributed by atoms with van der Waals surface area (Å²) in [5, 5.41) is 11.3. The number of aliphatic hydroxyl groups excluding tert-OH is 1. The SMILES string of the molecule is Cc1ccc(N2C(=O)C(=O)C(=C(O)c3ccccc3)C2c2ccccc2F)cc1Cl. The summed E-state index contributed by atoms with van der Waals surface area (Å²) in [5.41, 5.74) is 1.43. The third kappa shape index (κ3) is 3.27. The van der Waals surface area contributed by atoms with Crippen molar-refractivity contribution in [3.8, 4) is 0 Å². The number of carbonyl (C=O) groups excluding carboxylic acids is 2. The van der Waals surface area contributed by atoms with Gasteiger partial charge in [0.15, 0.2) is 0 Å². The first-order valence-electron chi connectivity index (χ1n) is 9.27. The van der Waals surface area contributed by atoms with Gasteiger partial charge in [0.2, 0.25) is 0 Å². The van der Waals surface area contributed by atoms with Crippen molar-refractivity contribution < 1.29 is 19.1 Å². The summed E-state index contributed by atoms with van der Waals surface area (Å²) in [6, 6.07) is 18.0. The van der Waals surface area contributed by atoms with E-state index in [-0.39, 0.29) is 16.9 Å². The maximum absolute atomic E-state index is 14.8. The standard InChI is InChI=1S/C24H17ClFNO3/c1-14-11-12-16(13-18(14)25)27-21(17-9-5-6-10-19(17)26)20(23(29)24(27)30)22(28)15-7-3-2-4-8-15/h2-13,21,28H,1H3. The molecule has 0 saturated carbocycles. The fraction of sp³-hybridized carbons (Fsp3) is 0.0833. The average molecular weight is 422 g/mol. The second kappa shape index (κ2) is 7.76. The number of hydrogen-bond donors (Lipinski definition) is 1. The molecular formula is C24H17ClFNO3. The summed E-state index contributed by atoms with van der Waals surface area (Å²) in [7, 11) is 0. The second-order valence-corrected chi connectivity index (χ2v) is 7.40. The van der Waals surface area contributed by atoms with Gasteiger partial charge in [0.05, 0.1) is 11.6 Å². The Balaban J connectivity index is 1.99. The number of aryl methyl sites for hydroxylation is 1. The zero-order chi connectivity index (χ0) is 21.4. The highest BCUT2D eigenvalue weighted by molar-refractivity contribution is 6.51. The van der Waals surface area contributed by atoms with Crippen LogP contribution in [0.3, 0.4) is 0 Å². The molecule has 3 aromatic carbocycles. The molecule has 150 valence electrons. The molecule has 1 aliphatic heterocycles. The van der Waals surface area contributed by atoms with E-state index in [0.29, 0.717) is 16.3 Å². The smallest absolute Gasteiger partial charge is 0.300 e. The molecule has 3 aromatic rings. The van der Waals surface area contributed by atoms with Gasteiger partial charge in [-0.15, -0.1) is 0 Å². The molecule has 1 N–H and O–H groups in total. The molecule has 4 rings (SSSR count). The van der Waals surface area contributed by atoms with Gasteiger partial charge in [-0.25, -0.2) is 4.39 Å². The van der Waals surface area contributed by atoms with Crippen molar-refractivity contribution in [3.05, 3.63) is 106 Å². The van der Waals surface area contributed by atoms with E-state index in [2.05, 4.69) is 0 Å². The fourth-order valence-corrected chi connectivity index (χ4v) is 3.75. The summed E-state index contributed by atoms with van der Waals surface area (Å²) in [5.74, 6) is -2.70. The minimum Gasteiger partial charge on any atom is -0.507 e. The van der Waals surface area contributed by atoms with Crippen molar-refractivity contribution in [1.29, 1.82) is 0 Å². The van der Waals surface area contributed by atoms with E-state index in [9.17, 15) is 19.1 Å². The zero-order valence-electron chi connectivity index (χ0n) is 16.0. The van der Waals surface area contributed by atoms with Crippen molar-refractivity contribution in [2.45, 2.75) is 13.0 Å². The van der Waals surface area contributed by atoms with Crippen molar-refractivity contribution in [3.63, 3.8) is 0 Å². The molecule has 1 saturated heterocycles. The maximum Gasteiger partial charge on any atom is 0.300 e. The summed E-state index contributed by atoms with van der Waals surface area (Å²) < 4.78 is 14.8. The quantitative estimate of drug-likeness (QED) is 0.349. The largest absolute Gasteiger partial charge is 0.507 e. The Hall–Kier alpha value is -3.44. The highest BCUT2D eigenvalue weighted by Crippen LogP contribution is 2.43. The monoisotopic (exact) mass is 421 g/mol. The predicted octanol–water partition coefficient (Wildman–Crippen LogP) is 5.41. The predicted molar refractivity (Wildman–Crippen MR) is 114 cm³/mol. The van der Waals surface area contributed by atoms with Crippen LogP contribution in [0.1, 0.15) is 22.7 Å². The third-order valence-electron chi connectivity index (χ3n) is 5.13. The normalized spacial score (nSPS) is 18.1. The number of benzene rings is 3. The van der Waals surface area contributed by atoms with E-state index in [4.69, 9.17) is 11.6 Å². The van der Waals surface area contributed by atoms with E-state index < -0.39 is 23.5 Å². The van der Waals surface area contributed by atoms with Crippen LogP contribution < -0.4 is 4.90 Å². The highest BCUT2D eigenvalue weighted by Gasteiger charge is 2.47. The van der Waals surface area contributed by atoms with Gasteiger partial charge in [-0.05, 0) is 30.7 Å². The van der Waals surface area contributed by atoms with E-state index in [1.165, 1.54) is 23.1 Å². The lowest BCUT2D eigenvalue weighted by atomic mass is 9.94. The molecule has 0 aliphatic carbocycles. The molecule has 1 amide bonds. The topological polar surface area (TPSA) is 57.6 Å². The van der Waals surface area contributed by atoms with Gasteiger partial charge in [-0.3, -0.25) is 14.5 Å². The van der Waals surface area contributed by atoms with E-state index in [1.807, 2.05) is 6.92 Å². The Kier molecular flexibility index (Phi) is 5.14. The third-order valence-corrected chi connectivity index (χ3v) is 5.53. The lowest BCUT2D eigenvalue weighted by Crippen LogP contribution is -2.29. The van der Waals surface area contributed by atoms with Crippen LogP contribution in [-0.4, -0.2) is 16.8 Å². The van der Waals surface area contributed by atoms with Crippen molar-refractivity contribution in [2.75, 3.05) is 4.90 Å². The van der Waals surface area contributed by atoms with Gasteiger partial charge in [-0.1, -0.05) is 66.2 Å². The number of halogens is 2. The number of carbonyl (C=O) groups is 2. The van der Waals surface area contributed by atoms with Gasteiger partial charge < -0.3 is 5.11 Å². The van der Waals surface area contributed by atoms with Crippen LogP contribution in [0.5, 0.6) is 0 Å². The molecule has 1 atom stereocenters.